The smallest absolute Gasteiger partial charge is 0.242 e. The number of carbonyl (C=O) groups is 1. The Morgan fingerprint density at radius 3 is 2.74 bits per heavy atom. The number of hydrogen-bond donors (Lipinski definition) is 1. The van der Waals surface area contributed by atoms with Crippen molar-refractivity contribution < 1.29 is 4.79 Å². The molecule has 0 aromatic rings. The molecule has 2 N–H and O–H groups in total. The first-order valence-electron chi connectivity index (χ1n) is 8.20. The first-order valence-corrected chi connectivity index (χ1v) is 8.20. The van der Waals surface area contributed by atoms with Gasteiger partial charge in [0.05, 0.1) is 5.54 Å². The zero-order valence-corrected chi connectivity index (χ0v) is 12.2. The first-order chi connectivity index (χ1) is 9.10. The van der Waals surface area contributed by atoms with Gasteiger partial charge in [-0.05, 0) is 50.4 Å². The number of amides is 1. The SMILES string of the molecule is CC1CCCC(N)(C(=O)N2CCCC3CCCC32)C1. The van der Waals surface area contributed by atoms with Gasteiger partial charge in [0.2, 0.25) is 5.91 Å². The lowest BCUT2D eigenvalue weighted by Gasteiger charge is -2.44. The minimum absolute atomic E-state index is 0.274. The van der Waals surface area contributed by atoms with Crippen LogP contribution in [0.25, 0.3) is 0 Å². The molecule has 0 bridgehead atoms. The molecule has 3 aliphatic rings. The van der Waals surface area contributed by atoms with Crippen molar-refractivity contribution >= 4 is 5.91 Å². The quantitative estimate of drug-likeness (QED) is 0.791. The summed E-state index contributed by atoms with van der Waals surface area (Å²) in [6.45, 7) is 3.19. The minimum Gasteiger partial charge on any atom is -0.338 e. The minimum atomic E-state index is -0.553. The highest BCUT2D eigenvalue weighted by Crippen LogP contribution is 2.39. The summed E-state index contributed by atoms with van der Waals surface area (Å²) in [5.41, 5.74) is 5.96. The van der Waals surface area contributed by atoms with Gasteiger partial charge in [-0.15, -0.1) is 0 Å². The molecule has 1 heterocycles. The van der Waals surface area contributed by atoms with Gasteiger partial charge in [-0.1, -0.05) is 26.2 Å². The average Bonchev–Trinajstić information content (AvgIpc) is 2.85. The molecule has 0 radical (unpaired) electrons. The van der Waals surface area contributed by atoms with Crippen LogP contribution in [0.4, 0.5) is 0 Å². The standard InChI is InChI=1S/C16H28N2O/c1-12-5-3-9-16(17,11-12)15(19)18-10-4-7-13-6-2-8-14(13)18/h12-14H,2-11,17H2,1H3. The normalized spacial score (nSPS) is 43.1. The van der Waals surface area contributed by atoms with Gasteiger partial charge in [-0.3, -0.25) is 4.79 Å². The number of piperidine rings is 1. The molecule has 4 atom stereocenters. The molecule has 3 fully saturated rings. The van der Waals surface area contributed by atoms with Gasteiger partial charge in [0, 0.05) is 12.6 Å². The number of likely N-dealkylation sites (tertiary alicyclic amines) is 1. The Balaban J connectivity index is 1.75. The van der Waals surface area contributed by atoms with Gasteiger partial charge in [0.25, 0.3) is 0 Å². The second-order valence-corrected chi connectivity index (χ2v) is 7.26. The van der Waals surface area contributed by atoms with E-state index < -0.39 is 5.54 Å². The molecule has 0 aromatic heterocycles. The largest absolute Gasteiger partial charge is 0.338 e. The van der Waals surface area contributed by atoms with Gasteiger partial charge in [-0.25, -0.2) is 0 Å². The lowest BCUT2D eigenvalue weighted by atomic mass is 9.75. The summed E-state index contributed by atoms with van der Waals surface area (Å²) in [6, 6.07) is 0.513. The molecular weight excluding hydrogens is 236 g/mol. The lowest BCUT2D eigenvalue weighted by Crippen LogP contribution is -2.61. The van der Waals surface area contributed by atoms with Crippen LogP contribution in [0.1, 0.15) is 64.7 Å². The monoisotopic (exact) mass is 264 g/mol. The molecule has 4 unspecified atom stereocenters. The molecule has 2 saturated carbocycles. The number of fused-ring (bicyclic) bond motifs is 1. The Morgan fingerprint density at radius 1 is 1.16 bits per heavy atom. The van der Waals surface area contributed by atoms with Crippen LogP contribution in [0.3, 0.4) is 0 Å². The van der Waals surface area contributed by atoms with Gasteiger partial charge >= 0.3 is 0 Å². The zero-order valence-electron chi connectivity index (χ0n) is 12.2. The van der Waals surface area contributed by atoms with E-state index in [1.807, 2.05) is 0 Å². The summed E-state index contributed by atoms with van der Waals surface area (Å²) in [6.07, 6.45) is 10.5. The van der Waals surface area contributed by atoms with E-state index >= 15 is 0 Å². The van der Waals surface area contributed by atoms with E-state index in [0.29, 0.717) is 12.0 Å². The van der Waals surface area contributed by atoms with Crippen LogP contribution >= 0.6 is 0 Å². The van der Waals surface area contributed by atoms with Gasteiger partial charge in [0.1, 0.15) is 0 Å². The zero-order chi connectivity index (χ0) is 13.5. The van der Waals surface area contributed by atoms with Crippen LogP contribution in [0.15, 0.2) is 0 Å². The molecule has 1 amide bonds. The molecule has 1 aliphatic heterocycles. The van der Waals surface area contributed by atoms with E-state index in [-0.39, 0.29) is 5.91 Å². The van der Waals surface area contributed by atoms with Crippen molar-refractivity contribution in [2.45, 2.75) is 76.3 Å². The average molecular weight is 264 g/mol. The maximum Gasteiger partial charge on any atom is 0.242 e. The molecular formula is C16H28N2O. The Kier molecular flexibility index (Phi) is 3.59. The topological polar surface area (TPSA) is 46.3 Å². The van der Waals surface area contributed by atoms with Gasteiger partial charge in [-0.2, -0.15) is 0 Å². The fourth-order valence-electron chi connectivity index (χ4n) is 4.78. The lowest BCUT2D eigenvalue weighted by molar-refractivity contribution is -0.143. The molecule has 0 aromatic carbocycles. The molecule has 1 saturated heterocycles. The molecule has 0 spiro atoms. The number of hydrogen-bond acceptors (Lipinski definition) is 2. The highest BCUT2D eigenvalue weighted by Gasteiger charge is 2.45. The molecule has 3 rings (SSSR count). The van der Waals surface area contributed by atoms with Crippen molar-refractivity contribution in [1.82, 2.24) is 4.90 Å². The Bertz CT molecular complexity index is 357. The van der Waals surface area contributed by atoms with Crippen LogP contribution in [-0.4, -0.2) is 28.9 Å². The summed E-state index contributed by atoms with van der Waals surface area (Å²) in [5, 5.41) is 0. The fraction of sp³-hybridized carbons (Fsp3) is 0.938. The maximum absolute atomic E-state index is 13.0. The molecule has 3 heteroatoms. The molecule has 108 valence electrons. The van der Waals surface area contributed by atoms with Crippen LogP contribution in [0.2, 0.25) is 0 Å². The maximum atomic E-state index is 13.0. The van der Waals surface area contributed by atoms with Crippen molar-refractivity contribution in [1.29, 1.82) is 0 Å². The third kappa shape index (κ3) is 2.42. The van der Waals surface area contributed by atoms with Crippen molar-refractivity contribution in [3.8, 4) is 0 Å². The molecule has 19 heavy (non-hydrogen) atoms. The Morgan fingerprint density at radius 2 is 1.95 bits per heavy atom. The Hall–Kier alpha value is -0.570. The predicted octanol–water partition coefficient (Wildman–Crippen LogP) is 2.69. The van der Waals surface area contributed by atoms with Crippen molar-refractivity contribution in [3.05, 3.63) is 0 Å². The number of nitrogens with zero attached hydrogens (tertiary/aromatic N) is 1. The second kappa shape index (κ2) is 5.08. The first kappa shape index (κ1) is 13.4. The van der Waals surface area contributed by atoms with Gasteiger partial charge in [0.15, 0.2) is 0 Å². The number of rotatable bonds is 1. The van der Waals surface area contributed by atoms with Crippen molar-refractivity contribution in [2.24, 2.45) is 17.6 Å². The van der Waals surface area contributed by atoms with Crippen LogP contribution < -0.4 is 5.73 Å². The van der Waals surface area contributed by atoms with Crippen LogP contribution in [0.5, 0.6) is 0 Å². The molecule has 2 aliphatic carbocycles. The van der Waals surface area contributed by atoms with Crippen molar-refractivity contribution in [3.63, 3.8) is 0 Å². The van der Waals surface area contributed by atoms with E-state index in [2.05, 4.69) is 11.8 Å². The third-order valence-corrected chi connectivity index (χ3v) is 5.71. The summed E-state index contributed by atoms with van der Waals surface area (Å²) >= 11 is 0. The Labute approximate surface area is 116 Å². The summed E-state index contributed by atoms with van der Waals surface area (Å²) in [4.78, 5) is 15.1. The summed E-state index contributed by atoms with van der Waals surface area (Å²) in [5.74, 6) is 1.64. The molecule has 3 nitrogen and oxygen atoms in total. The van der Waals surface area contributed by atoms with E-state index in [1.54, 1.807) is 0 Å². The van der Waals surface area contributed by atoms with Gasteiger partial charge < -0.3 is 10.6 Å². The third-order valence-electron chi connectivity index (χ3n) is 5.71. The van der Waals surface area contributed by atoms with E-state index in [0.717, 1.165) is 31.7 Å². The van der Waals surface area contributed by atoms with Crippen LogP contribution in [-0.2, 0) is 4.79 Å². The summed E-state index contributed by atoms with van der Waals surface area (Å²) in [7, 11) is 0. The van der Waals surface area contributed by atoms with E-state index in [9.17, 15) is 4.79 Å². The van der Waals surface area contributed by atoms with Crippen LogP contribution in [0, 0.1) is 11.8 Å². The number of nitrogens with two attached hydrogens (primary N) is 1. The summed E-state index contributed by atoms with van der Waals surface area (Å²) < 4.78 is 0. The second-order valence-electron chi connectivity index (χ2n) is 7.26. The van der Waals surface area contributed by atoms with E-state index in [1.165, 1.54) is 38.5 Å². The fourth-order valence-corrected chi connectivity index (χ4v) is 4.78. The highest BCUT2D eigenvalue weighted by molar-refractivity contribution is 5.86. The number of carbonyl (C=O) groups excluding carboxylic acids is 1. The predicted molar refractivity (Wildman–Crippen MR) is 76.6 cm³/mol. The van der Waals surface area contributed by atoms with E-state index in [4.69, 9.17) is 5.73 Å². The highest BCUT2D eigenvalue weighted by atomic mass is 16.2. The van der Waals surface area contributed by atoms with Crippen molar-refractivity contribution in [2.75, 3.05) is 6.54 Å².